The molecule has 0 amide bonds. The average Bonchev–Trinajstić information content (AvgIpc) is 2.79. The molecule has 31 heavy (non-hydrogen) atoms. The normalized spacial score (nSPS) is 12.5. The van der Waals surface area contributed by atoms with Crippen molar-refractivity contribution in [3.8, 4) is 11.5 Å². The summed E-state index contributed by atoms with van der Waals surface area (Å²) in [4.78, 5) is 7.69. The Bertz CT molecular complexity index is 1290. The molecule has 0 saturated heterocycles. The van der Waals surface area contributed by atoms with Crippen molar-refractivity contribution >= 4 is 47.3 Å². The first-order valence-electron chi connectivity index (χ1n) is 9.74. The van der Waals surface area contributed by atoms with E-state index >= 15 is 0 Å². The van der Waals surface area contributed by atoms with E-state index in [0.29, 0.717) is 5.84 Å². The standard InChI is InChI=1S/C25H19N3OS2/c26-25(19-5-1-3-7-22(19)30)27-16-9-11-17(12-10-16)29-18-13-14-24-21(15-18)28-20-6-2-4-8-23(20)31-24/h1-15,28,30H,(H2,26,27). The van der Waals surface area contributed by atoms with Crippen molar-refractivity contribution in [2.45, 2.75) is 14.7 Å². The molecular formula is C25H19N3OS2. The number of amidine groups is 1. The molecule has 0 saturated carbocycles. The van der Waals surface area contributed by atoms with Crippen molar-refractivity contribution in [2.75, 3.05) is 5.32 Å². The van der Waals surface area contributed by atoms with Crippen LogP contribution in [0.5, 0.6) is 11.5 Å². The Hall–Kier alpha value is -3.35. The fraction of sp³-hybridized carbons (Fsp3) is 0. The molecule has 6 heteroatoms. The average molecular weight is 442 g/mol. The van der Waals surface area contributed by atoms with Crippen molar-refractivity contribution in [1.29, 1.82) is 0 Å². The van der Waals surface area contributed by atoms with Crippen LogP contribution in [0.3, 0.4) is 0 Å². The molecule has 0 radical (unpaired) electrons. The third kappa shape index (κ3) is 4.26. The molecule has 5 rings (SSSR count). The van der Waals surface area contributed by atoms with Crippen LogP contribution in [0.2, 0.25) is 0 Å². The van der Waals surface area contributed by atoms with E-state index in [1.54, 1.807) is 11.8 Å². The van der Waals surface area contributed by atoms with Gasteiger partial charge < -0.3 is 15.8 Å². The molecule has 0 bridgehead atoms. The number of nitrogens with two attached hydrogens (primary N) is 1. The molecule has 3 N–H and O–H groups in total. The van der Waals surface area contributed by atoms with Gasteiger partial charge in [0.15, 0.2) is 0 Å². The number of nitrogens with zero attached hydrogens (tertiary/aromatic N) is 1. The summed E-state index contributed by atoms with van der Waals surface area (Å²) in [5, 5.41) is 3.48. The van der Waals surface area contributed by atoms with Gasteiger partial charge in [-0.05, 0) is 54.6 Å². The molecule has 4 aromatic rings. The van der Waals surface area contributed by atoms with Crippen molar-refractivity contribution < 1.29 is 4.74 Å². The molecule has 1 aliphatic rings. The van der Waals surface area contributed by atoms with Crippen LogP contribution >= 0.6 is 24.4 Å². The summed E-state index contributed by atoms with van der Waals surface area (Å²) >= 11 is 6.19. The van der Waals surface area contributed by atoms with Gasteiger partial charge in [-0.25, -0.2) is 4.99 Å². The van der Waals surface area contributed by atoms with Crippen LogP contribution in [0.15, 0.2) is 111 Å². The molecule has 0 atom stereocenters. The highest BCUT2D eigenvalue weighted by molar-refractivity contribution is 7.99. The van der Waals surface area contributed by atoms with E-state index in [0.717, 1.165) is 39.0 Å². The number of benzene rings is 4. The van der Waals surface area contributed by atoms with E-state index in [-0.39, 0.29) is 0 Å². The lowest BCUT2D eigenvalue weighted by molar-refractivity contribution is 0.482. The minimum absolute atomic E-state index is 0.429. The minimum Gasteiger partial charge on any atom is -0.457 e. The van der Waals surface area contributed by atoms with Crippen LogP contribution in [0.4, 0.5) is 17.1 Å². The summed E-state index contributed by atoms with van der Waals surface area (Å²) in [5.74, 6) is 1.93. The Morgan fingerprint density at radius 1 is 0.806 bits per heavy atom. The van der Waals surface area contributed by atoms with Gasteiger partial charge in [0.05, 0.1) is 17.1 Å². The van der Waals surface area contributed by atoms with E-state index in [4.69, 9.17) is 10.5 Å². The second kappa shape index (κ2) is 8.41. The molecule has 152 valence electrons. The van der Waals surface area contributed by atoms with Gasteiger partial charge in [-0.2, -0.15) is 0 Å². The van der Waals surface area contributed by atoms with E-state index in [1.165, 1.54) is 9.79 Å². The second-order valence-corrected chi connectivity index (χ2v) is 8.56. The van der Waals surface area contributed by atoms with Crippen molar-refractivity contribution in [1.82, 2.24) is 0 Å². The summed E-state index contributed by atoms with van der Waals surface area (Å²) in [5.41, 5.74) is 9.87. The first kappa shape index (κ1) is 19.6. The summed E-state index contributed by atoms with van der Waals surface area (Å²) in [6.07, 6.45) is 0. The zero-order valence-corrected chi connectivity index (χ0v) is 18.2. The topological polar surface area (TPSA) is 59.6 Å². The van der Waals surface area contributed by atoms with Crippen LogP contribution in [0.25, 0.3) is 0 Å². The summed E-state index contributed by atoms with van der Waals surface area (Å²) in [6.45, 7) is 0. The number of nitrogens with one attached hydrogen (secondary N) is 1. The van der Waals surface area contributed by atoms with E-state index in [9.17, 15) is 0 Å². The monoisotopic (exact) mass is 441 g/mol. The minimum atomic E-state index is 0.429. The predicted octanol–water partition coefficient (Wildman–Crippen LogP) is 7.01. The number of fused-ring (bicyclic) bond motifs is 2. The molecule has 4 aromatic carbocycles. The summed E-state index contributed by atoms with van der Waals surface area (Å²) in [6, 6.07) is 29.5. The number of rotatable bonds is 4. The molecular weight excluding hydrogens is 422 g/mol. The number of para-hydroxylation sites is 1. The Labute approximate surface area is 190 Å². The molecule has 1 aliphatic heterocycles. The lowest BCUT2D eigenvalue weighted by Crippen LogP contribution is -2.13. The molecule has 4 nitrogen and oxygen atoms in total. The molecule has 0 spiro atoms. The zero-order valence-electron chi connectivity index (χ0n) is 16.4. The molecule has 0 unspecified atom stereocenters. The summed E-state index contributed by atoms with van der Waals surface area (Å²) in [7, 11) is 0. The Kier molecular flexibility index (Phi) is 5.32. The van der Waals surface area contributed by atoms with E-state index < -0.39 is 0 Å². The number of hydrogen-bond acceptors (Lipinski definition) is 5. The highest BCUT2D eigenvalue weighted by atomic mass is 32.2. The molecule has 0 aromatic heterocycles. The quantitative estimate of drug-likeness (QED) is 0.159. The van der Waals surface area contributed by atoms with Crippen LogP contribution < -0.4 is 15.8 Å². The number of ether oxygens (including phenoxy) is 1. The van der Waals surface area contributed by atoms with Crippen molar-refractivity contribution in [3.05, 3.63) is 96.6 Å². The van der Waals surface area contributed by atoms with Gasteiger partial charge >= 0.3 is 0 Å². The van der Waals surface area contributed by atoms with Crippen LogP contribution in [-0.2, 0) is 0 Å². The second-order valence-electron chi connectivity index (χ2n) is 6.99. The maximum absolute atomic E-state index is 6.15. The highest BCUT2D eigenvalue weighted by Crippen LogP contribution is 2.45. The maximum Gasteiger partial charge on any atom is 0.132 e. The van der Waals surface area contributed by atoms with Crippen molar-refractivity contribution in [3.63, 3.8) is 0 Å². The maximum atomic E-state index is 6.15. The number of hydrogen-bond donors (Lipinski definition) is 3. The van der Waals surface area contributed by atoms with Gasteiger partial charge in [0, 0.05) is 26.3 Å². The Morgan fingerprint density at radius 3 is 2.35 bits per heavy atom. The van der Waals surface area contributed by atoms with Crippen LogP contribution in [0.1, 0.15) is 5.56 Å². The molecule has 0 aliphatic carbocycles. The zero-order chi connectivity index (χ0) is 21.2. The highest BCUT2D eigenvalue weighted by Gasteiger charge is 2.15. The van der Waals surface area contributed by atoms with Gasteiger partial charge in [0.25, 0.3) is 0 Å². The fourth-order valence-electron chi connectivity index (χ4n) is 3.30. The third-order valence-corrected chi connectivity index (χ3v) is 6.37. The van der Waals surface area contributed by atoms with Crippen molar-refractivity contribution in [2.24, 2.45) is 10.7 Å². The van der Waals surface area contributed by atoms with E-state index in [2.05, 4.69) is 47.2 Å². The van der Waals surface area contributed by atoms with Gasteiger partial charge in [-0.3, -0.25) is 0 Å². The number of thiol groups is 1. The number of anilines is 2. The molecule has 1 heterocycles. The van der Waals surface area contributed by atoms with Gasteiger partial charge in [0.1, 0.15) is 17.3 Å². The summed E-state index contributed by atoms with van der Waals surface area (Å²) < 4.78 is 6.05. The lowest BCUT2D eigenvalue weighted by Gasteiger charge is -2.21. The van der Waals surface area contributed by atoms with Gasteiger partial charge in [0.2, 0.25) is 0 Å². The largest absolute Gasteiger partial charge is 0.457 e. The van der Waals surface area contributed by atoms with Crippen LogP contribution in [0, 0.1) is 0 Å². The van der Waals surface area contributed by atoms with Gasteiger partial charge in [-0.15, -0.1) is 12.6 Å². The fourth-order valence-corrected chi connectivity index (χ4v) is 4.54. The first-order chi connectivity index (χ1) is 15.2. The smallest absolute Gasteiger partial charge is 0.132 e. The number of aliphatic imine (C=N–C) groups is 1. The molecule has 0 fully saturated rings. The predicted molar refractivity (Wildman–Crippen MR) is 131 cm³/mol. The first-order valence-corrected chi connectivity index (χ1v) is 11.0. The lowest BCUT2D eigenvalue weighted by atomic mass is 10.2. The Morgan fingerprint density at radius 2 is 1.52 bits per heavy atom. The van der Waals surface area contributed by atoms with Gasteiger partial charge in [-0.1, -0.05) is 42.1 Å². The Balaban J connectivity index is 1.32. The SMILES string of the molecule is NC(=Nc1ccc(Oc2ccc3c(c2)Nc2ccccc2S3)cc1)c1ccccc1S. The third-order valence-electron chi connectivity index (χ3n) is 4.83. The van der Waals surface area contributed by atoms with E-state index in [1.807, 2.05) is 66.7 Å². The van der Waals surface area contributed by atoms with Crippen LogP contribution in [-0.4, -0.2) is 5.84 Å².